The average Bonchev–Trinajstić information content (AvgIpc) is 0.811. The average molecular weight is 102 g/mol. The quantitative estimate of drug-likeness (QED) is 0.469. The monoisotopic (exact) mass is 102 g/mol. The number of hydrogen-bond acceptors (Lipinski definition) is 1. The van der Waals surface area contributed by atoms with Gasteiger partial charge in [0, 0.05) is 0 Å². The van der Waals surface area contributed by atoms with Crippen molar-refractivity contribution in [1.82, 2.24) is 0 Å². The predicted octanol–water partition coefficient (Wildman–Crippen LogP) is 0.527. The molecular weight excluding hydrogens is 98.0 g/mol. The van der Waals surface area contributed by atoms with E-state index in [1.165, 1.54) is 0 Å². The van der Waals surface area contributed by atoms with Gasteiger partial charge in [0.15, 0.2) is 0 Å². The molecule has 0 radical (unpaired) electrons. The highest BCUT2D eigenvalue weighted by molar-refractivity contribution is 5.53. The zero-order valence-electron chi connectivity index (χ0n) is 2.62. The lowest BCUT2D eigenvalue weighted by Gasteiger charge is -1.60. The Kier molecular flexibility index (Phi) is 28.7. The van der Waals surface area contributed by atoms with Crippen molar-refractivity contribution >= 4 is 6.16 Å². The van der Waals surface area contributed by atoms with Gasteiger partial charge in [-0.05, 0) is 0 Å². The van der Waals surface area contributed by atoms with Crippen molar-refractivity contribution < 1.29 is 24.4 Å². The maximum atomic E-state index is 8.56. The molecule has 0 unspecified atom stereocenters. The highest BCUT2D eigenvalue weighted by Gasteiger charge is 1.70. The van der Waals surface area contributed by atoms with Crippen LogP contribution in [0, 0.1) is 0 Å². The first-order chi connectivity index (χ1) is 1.73. The molecule has 40 valence electrons. The van der Waals surface area contributed by atoms with Gasteiger partial charge < -0.3 is 10.2 Å². The second kappa shape index (κ2) is 8.92. The first-order valence-electron chi connectivity index (χ1n) is 0.651. The number of hydrogen-bond donors (Lipinski definition) is 2. The van der Waals surface area contributed by atoms with Crippen molar-refractivity contribution in [3.05, 3.63) is 0 Å². The van der Waals surface area contributed by atoms with Crippen molar-refractivity contribution in [3.8, 4) is 0 Å². The molecule has 0 spiro atoms. The predicted molar refractivity (Wildman–Crippen MR) is 15.7 cm³/mol. The van der Waals surface area contributed by atoms with Crippen LogP contribution in [-0.4, -0.2) is 16.4 Å². The molecular formula is CH4F2O3. The van der Waals surface area contributed by atoms with Gasteiger partial charge in [-0.3, -0.25) is 9.41 Å². The van der Waals surface area contributed by atoms with Gasteiger partial charge in [-0.2, -0.15) is 0 Å². The largest absolute Gasteiger partial charge is 0.503 e. The maximum Gasteiger partial charge on any atom is 0.503 e. The Morgan fingerprint density at radius 1 is 1.17 bits per heavy atom. The van der Waals surface area contributed by atoms with Crippen LogP contribution < -0.4 is 0 Å². The summed E-state index contributed by atoms with van der Waals surface area (Å²) in [5.41, 5.74) is 0. The van der Waals surface area contributed by atoms with Gasteiger partial charge in [0.1, 0.15) is 0 Å². The molecule has 0 saturated carbocycles. The third kappa shape index (κ3) is 18.8. The molecule has 3 nitrogen and oxygen atoms in total. The van der Waals surface area contributed by atoms with E-state index >= 15 is 0 Å². The van der Waals surface area contributed by atoms with Crippen LogP contribution >= 0.6 is 0 Å². The van der Waals surface area contributed by atoms with Crippen LogP contribution in [0.25, 0.3) is 0 Å². The van der Waals surface area contributed by atoms with E-state index in [1.54, 1.807) is 0 Å². The Hall–Kier alpha value is -0.870. The van der Waals surface area contributed by atoms with Crippen LogP contribution in [0.1, 0.15) is 0 Å². The van der Waals surface area contributed by atoms with Crippen LogP contribution in [-0.2, 0) is 0 Å². The zero-order chi connectivity index (χ0) is 3.58. The molecule has 0 amide bonds. The molecule has 0 aliphatic heterocycles. The summed E-state index contributed by atoms with van der Waals surface area (Å²) in [5, 5.41) is 13.9. The molecule has 0 atom stereocenters. The second-order valence-electron chi connectivity index (χ2n) is 0.283. The van der Waals surface area contributed by atoms with Gasteiger partial charge >= 0.3 is 6.16 Å². The summed E-state index contributed by atoms with van der Waals surface area (Å²) in [6, 6.07) is 0. The summed E-state index contributed by atoms with van der Waals surface area (Å²) < 4.78 is 0. The van der Waals surface area contributed by atoms with Crippen molar-refractivity contribution in [1.29, 1.82) is 0 Å². The van der Waals surface area contributed by atoms with Crippen molar-refractivity contribution in [3.63, 3.8) is 0 Å². The minimum atomic E-state index is -1.83. The highest BCUT2D eigenvalue weighted by atomic mass is 19.0. The van der Waals surface area contributed by atoms with E-state index in [2.05, 4.69) is 0 Å². The molecule has 5 heteroatoms. The van der Waals surface area contributed by atoms with Crippen LogP contribution in [0.5, 0.6) is 0 Å². The minimum Gasteiger partial charge on any atom is -0.450 e. The molecule has 0 saturated heterocycles. The van der Waals surface area contributed by atoms with E-state index in [-0.39, 0.29) is 9.41 Å². The molecule has 0 aliphatic rings. The SMILES string of the molecule is F.F.O=C(O)O. The van der Waals surface area contributed by atoms with Crippen LogP contribution in [0.3, 0.4) is 0 Å². The third-order valence-corrected chi connectivity index (χ3v) is 0. The summed E-state index contributed by atoms with van der Waals surface area (Å²) in [4.78, 5) is 8.56. The normalized spacial score (nSPS) is 4.00. The molecule has 0 aromatic rings. The summed E-state index contributed by atoms with van der Waals surface area (Å²) in [6.07, 6.45) is -1.83. The molecule has 0 bridgehead atoms. The standard InChI is InChI=1S/CH2O3.2FH/c2-1(3)4;;/h(H2,2,3,4);2*1H. The lowest BCUT2D eigenvalue weighted by Crippen LogP contribution is -1.81. The summed E-state index contributed by atoms with van der Waals surface area (Å²) in [6.45, 7) is 0. The number of carbonyl (C=O) groups is 1. The van der Waals surface area contributed by atoms with Gasteiger partial charge in [0.05, 0.1) is 0 Å². The van der Waals surface area contributed by atoms with Gasteiger partial charge in [-0.25, -0.2) is 4.79 Å². The summed E-state index contributed by atoms with van der Waals surface area (Å²) in [5.74, 6) is 0. The Bertz CT molecular complexity index is 31.8. The topological polar surface area (TPSA) is 57.5 Å². The van der Waals surface area contributed by atoms with E-state index in [1.807, 2.05) is 0 Å². The summed E-state index contributed by atoms with van der Waals surface area (Å²) in [7, 11) is 0. The smallest absolute Gasteiger partial charge is 0.450 e. The van der Waals surface area contributed by atoms with E-state index in [9.17, 15) is 0 Å². The molecule has 6 heavy (non-hydrogen) atoms. The Morgan fingerprint density at radius 3 is 1.17 bits per heavy atom. The molecule has 0 fully saturated rings. The maximum absolute atomic E-state index is 8.56. The molecule has 0 rings (SSSR count). The van der Waals surface area contributed by atoms with Gasteiger partial charge in [-0.1, -0.05) is 0 Å². The van der Waals surface area contributed by atoms with Gasteiger partial charge in [0.2, 0.25) is 0 Å². The van der Waals surface area contributed by atoms with Gasteiger partial charge in [0.25, 0.3) is 0 Å². The first kappa shape index (κ1) is 19.3. The van der Waals surface area contributed by atoms with E-state index < -0.39 is 6.16 Å². The fourth-order valence-corrected chi connectivity index (χ4v) is 0. The highest BCUT2D eigenvalue weighted by Crippen LogP contribution is 1.42. The first-order valence-corrected chi connectivity index (χ1v) is 0.651. The molecule has 2 N–H and O–H groups in total. The fraction of sp³-hybridized carbons (Fsp3) is 0. The van der Waals surface area contributed by atoms with E-state index in [0.29, 0.717) is 0 Å². The van der Waals surface area contributed by atoms with Crippen LogP contribution in [0.15, 0.2) is 0 Å². The number of rotatable bonds is 0. The van der Waals surface area contributed by atoms with E-state index in [4.69, 9.17) is 15.0 Å². The number of halogens is 2. The molecule has 0 aliphatic carbocycles. The molecule has 0 aromatic heterocycles. The Labute approximate surface area is 31.9 Å². The fourth-order valence-electron chi connectivity index (χ4n) is 0. The van der Waals surface area contributed by atoms with Crippen molar-refractivity contribution in [2.75, 3.05) is 0 Å². The lowest BCUT2D eigenvalue weighted by atomic mass is 11.5. The Morgan fingerprint density at radius 2 is 1.17 bits per heavy atom. The van der Waals surface area contributed by atoms with Crippen LogP contribution in [0.4, 0.5) is 14.2 Å². The zero-order valence-corrected chi connectivity index (χ0v) is 2.62. The van der Waals surface area contributed by atoms with E-state index in [0.717, 1.165) is 0 Å². The van der Waals surface area contributed by atoms with Crippen LogP contribution in [0.2, 0.25) is 0 Å². The van der Waals surface area contributed by atoms with Crippen molar-refractivity contribution in [2.45, 2.75) is 0 Å². The summed E-state index contributed by atoms with van der Waals surface area (Å²) >= 11 is 0. The second-order valence-corrected chi connectivity index (χ2v) is 0.283. The third-order valence-electron chi connectivity index (χ3n) is 0. The van der Waals surface area contributed by atoms with Crippen molar-refractivity contribution in [2.24, 2.45) is 0 Å². The molecule has 0 heterocycles. The lowest BCUT2D eigenvalue weighted by molar-refractivity contribution is 0.137. The number of carboxylic acid groups (broad SMARTS) is 2. The Balaban J connectivity index is -0.0000000450. The van der Waals surface area contributed by atoms with Gasteiger partial charge in [-0.15, -0.1) is 0 Å². The molecule has 0 aromatic carbocycles. The minimum absolute atomic E-state index is 0.